The maximum absolute atomic E-state index is 12.8. The van der Waals surface area contributed by atoms with E-state index in [9.17, 15) is 14.7 Å². The highest BCUT2D eigenvalue weighted by atomic mass is 16.3. The van der Waals surface area contributed by atoms with Gasteiger partial charge in [-0.1, -0.05) is 36.4 Å². The van der Waals surface area contributed by atoms with E-state index in [1.54, 1.807) is 19.0 Å². The van der Waals surface area contributed by atoms with Gasteiger partial charge in [0.05, 0.1) is 6.61 Å². The van der Waals surface area contributed by atoms with Gasteiger partial charge >= 0.3 is 0 Å². The second-order valence-corrected chi connectivity index (χ2v) is 10.2. The Labute approximate surface area is 202 Å². The summed E-state index contributed by atoms with van der Waals surface area (Å²) in [6.45, 7) is 2.76. The van der Waals surface area contributed by atoms with Crippen LogP contribution in [0.5, 0.6) is 0 Å². The van der Waals surface area contributed by atoms with Crippen LogP contribution in [0.1, 0.15) is 47.5 Å². The van der Waals surface area contributed by atoms with Gasteiger partial charge in [-0.15, -0.1) is 0 Å². The van der Waals surface area contributed by atoms with Crippen molar-refractivity contribution < 1.29 is 14.7 Å². The van der Waals surface area contributed by atoms with Gasteiger partial charge in [0.25, 0.3) is 5.91 Å². The average molecular weight is 462 g/mol. The van der Waals surface area contributed by atoms with E-state index >= 15 is 0 Å². The number of hydrogen-bond donors (Lipinski definition) is 1. The van der Waals surface area contributed by atoms with Gasteiger partial charge in [0, 0.05) is 56.7 Å². The second kappa shape index (κ2) is 9.51. The number of aliphatic hydroxyl groups is 1. The van der Waals surface area contributed by atoms with Crippen LogP contribution < -0.4 is 0 Å². The van der Waals surface area contributed by atoms with Gasteiger partial charge in [-0.25, -0.2) is 0 Å². The monoisotopic (exact) mass is 461 g/mol. The molecule has 0 unspecified atom stereocenters. The molecule has 1 saturated carbocycles. The van der Waals surface area contributed by atoms with E-state index in [-0.39, 0.29) is 36.4 Å². The first-order valence-electron chi connectivity index (χ1n) is 12.6. The van der Waals surface area contributed by atoms with Crippen LogP contribution in [0, 0.1) is 5.92 Å². The lowest BCUT2D eigenvalue weighted by atomic mass is 9.74. The fraction of sp³-hybridized carbons (Fsp3) is 0.500. The fourth-order valence-electron chi connectivity index (χ4n) is 5.69. The minimum atomic E-state index is -0.0000999. The van der Waals surface area contributed by atoms with Crippen molar-refractivity contribution in [2.24, 2.45) is 5.92 Å². The van der Waals surface area contributed by atoms with Gasteiger partial charge in [0.1, 0.15) is 0 Å². The quantitative estimate of drug-likeness (QED) is 0.743. The number of carbonyl (C=O) groups is 2. The Kier molecular flexibility index (Phi) is 6.45. The van der Waals surface area contributed by atoms with Gasteiger partial charge in [-0.2, -0.15) is 0 Å². The van der Waals surface area contributed by atoms with Crippen LogP contribution >= 0.6 is 0 Å². The SMILES string of the molecule is CN(C)C(=O)c1ccc(-c2ccc([C@H]3[C@H]4CN(C(=O)C5CC5)CCCCN4[C@H]3CO)cc2)cc1. The first-order chi connectivity index (χ1) is 16.5. The summed E-state index contributed by atoms with van der Waals surface area (Å²) in [5, 5.41) is 10.2. The number of nitrogens with zero attached hydrogens (tertiary/aromatic N) is 3. The van der Waals surface area contributed by atoms with E-state index in [2.05, 4.69) is 34.1 Å². The Bertz CT molecular complexity index is 1030. The first-order valence-corrected chi connectivity index (χ1v) is 12.6. The van der Waals surface area contributed by atoms with Gasteiger partial charge in [-0.3, -0.25) is 14.5 Å². The van der Waals surface area contributed by atoms with Crippen molar-refractivity contribution in [3.8, 4) is 11.1 Å². The number of aliphatic hydroxyl groups excluding tert-OH is 1. The normalized spacial score (nSPS) is 25.0. The molecule has 2 heterocycles. The second-order valence-electron chi connectivity index (χ2n) is 10.2. The van der Waals surface area contributed by atoms with Crippen molar-refractivity contribution in [2.75, 3.05) is 40.3 Å². The van der Waals surface area contributed by atoms with Crippen molar-refractivity contribution in [1.29, 1.82) is 0 Å². The third-order valence-corrected chi connectivity index (χ3v) is 7.78. The number of amides is 2. The predicted octanol–water partition coefficient (Wildman–Crippen LogP) is 3.22. The Morgan fingerprint density at radius 3 is 2.15 bits per heavy atom. The minimum Gasteiger partial charge on any atom is -0.395 e. The van der Waals surface area contributed by atoms with E-state index in [4.69, 9.17) is 0 Å². The highest BCUT2D eigenvalue weighted by Gasteiger charge is 2.50. The molecular formula is C28H35N3O3. The number of rotatable bonds is 5. The minimum absolute atomic E-state index is 0.0000999. The molecule has 0 spiro atoms. The van der Waals surface area contributed by atoms with Gasteiger partial charge in [0.15, 0.2) is 0 Å². The molecule has 6 heteroatoms. The zero-order chi connectivity index (χ0) is 23.8. The molecule has 2 aromatic carbocycles. The first kappa shape index (κ1) is 23.1. The zero-order valence-electron chi connectivity index (χ0n) is 20.2. The molecule has 0 bridgehead atoms. The molecule has 1 aliphatic carbocycles. The van der Waals surface area contributed by atoms with Gasteiger partial charge in [0.2, 0.25) is 5.91 Å². The predicted molar refractivity (Wildman–Crippen MR) is 133 cm³/mol. The van der Waals surface area contributed by atoms with Gasteiger partial charge < -0.3 is 14.9 Å². The summed E-state index contributed by atoms with van der Waals surface area (Å²) < 4.78 is 0. The molecule has 2 aliphatic heterocycles. The molecule has 3 fully saturated rings. The third-order valence-electron chi connectivity index (χ3n) is 7.78. The number of hydrogen-bond acceptors (Lipinski definition) is 4. The lowest BCUT2D eigenvalue weighted by Gasteiger charge is -2.57. The van der Waals surface area contributed by atoms with Crippen LogP contribution in [-0.4, -0.2) is 84.0 Å². The summed E-state index contributed by atoms with van der Waals surface area (Å²) >= 11 is 0. The molecule has 2 amide bonds. The zero-order valence-corrected chi connectivity index (χ0v) is 20.2. The molecule has 2 saturated heterocycles. The van der Waals surface area contributed by atoms with Crippen LogP contribution in [0.3, 0.4) is 0 Å². The van der Waals surface area contributed by atoms with E-state index in [0.29, 0.717) is 11.5 Å². The van der Waals surface area contributed by atoms with Crippen LogP contribution in [-0.2, 0) is 4.79 Å². The molecular weight excluding hydrogens is 426 g/mol. The van der Waals surface area contributed by atoms with E-state index in [0.717, 1.165) is 56.4 Å². The third kappa shape index (κ3) is 4.37. The molecule has 34 heavy (non-hydrogen) atoms. The molecule has 5 rings (SSSR count). The Balaban J connectivity index is 1.34. The molecule has 0 aromatic heterocycles. The van der Waals surface area contributed by atoms with Crippen LogP contribution in [0.2, 0.25) is 0 Å². The molecule has 6 nitrogen and oxygen atoms in total. The molecule has 2 aromatic rings. The maximum Gasteiger partial charge on any atom is 0.253 e. The number of fused-ring (bicyclic) bond motifs is 1. The largest absolute Gasteiger partial charge is 0.395 e. The molecule has 3 aliphatic rings. The Morgan fingerprint density at radius 1 is 0.941 bits per heavy atom. The van der Waals surface area contributed by atoms with Crippen LogP contribution in [0.4, 0.5) is 0 Å². The van der Waals surface area contributed by atoms with Gasteiger partial charge in [-0.05, 0) is 61.1 Å². The molecule has 180 valence electrons. The lowest BCUT2D eigenvalue weighted by molar-refractivity contribution is -0.137. The van der Waals surface area contributed by atoms with Crippen molar-refractivity contribution in [3.63, 3.8) is 0 Å². The number of carbonyl (C=O) groups excluding carboxylic acids is 2. The summed E-state index contributed by atoms with van der Waals surface area (Å²) in [5.74, 6) is 0.810. The van der Waals surface area contributed by atoms with Crippen molar-refractivity contribution in [1.82, 2.24) is 14.7 Å². The Hall–Kier alpha value is -2.70. The number of benzene rings is 2. The standard InChI is InChI=1S/C28H35N3O3/c1-29(2)27(33)22-11-7-20(8-12-22)19-5-9-21(10-6-19)26-24-17-30(28(34)23-13-14-23)15-3-4-16-31(24)25(26)18-32/h5-12,23-26,32H,3-4,13-18H2,1-2H3/t24-,25+,26+/m1/s1. The molecule has 1 N–H and O–H groups in total. The van der Waals surface area contributed by atoms with E-state index < -0.39 is 0 Å². The summed E-state index contributed by atoms with van der Waals surface area (Å²) in [5.41, 5.74) is 4.08. The van der Waals surface area contributed by atoms with Crippen molar-refractivity contribution in [2.45, 2.75) is 43.7 Å². The highest BCUT2D eigenvalue weighted by Crippen LogP contribution is 2.43. The summed E-state index contributed by atoms with van der Waals surface area (Å²) in [6, 6.07) is 16.7. The smallest absolute Gasteiger partial charge is 0.253 e. The Morgan fingerprint density at radius 2 is 1.56 bits per heavy atom. The summed E-state index contributed by atoms with van der Waals surface area (Å²) in [4.78, 5) is 31.1. The lowest BCUT2D eigenvalue weighted by Crippen LogP contribution is -2.68. The highest BCUT2D eigenvalue weighted by molar-refractivity contribution is 5.94. The molecule has 0 radical (unpaired) electrons. The van der Waals surface area contributed by atoms with Crippen LogP contribution in [0.15, 0.2) is 48.5 Å². The van der Waals surface area contributed by atoms with Crippen LogP contribution in [0.25, 0.3) is 11.1 Å². The van der Waals surface area contributed by atoms with E-state index in [1.807, 2.05) is 24.3 Å². The average Bonchev–Trinajstić information content (AvgIpc) is 3.68. The van der Waals surface area contributed by atoms with Crippen molar-refractivity contribution >= 4 is 11.8 Å². The summed E-state index contributed by atoms with van der Waals surface area (Å²) in [6.07, 6.45) is 4.19. The molecule has 3 atom stereocenters. The topological polar surface area (TPSA) is 64.1 Å². The van der Waals surface area contributed by atoms with Crippen molar-refractivity contribution in [3.05, 3.63) is 59.7 Å². The van der Waals surface area contributed by atoms with E-state index in [1.165, 1.54) is 5.56 Å². The summed E-state index contributed by atoms with van der Waals surface area (Å²) in [7, 11) is 3.51. The maximum atomic E-state index is 12.8. The fourth-order valence-corrected chi connectivity index (χ4v) is 5.69.